The molecule has 192 valence electrons. The van der Waals surface area contributed by atoms with E-state index < -0.39 is 11.7 Å². The number of nitrogens with one attached hydrogen (secondary N) is 3. The van der Waals surface area contributed by atoms with Crippen LogP contribution in [0.2, 0.25) is 0 Å². The van der Waals surface area contributed by atoms with E-state index in [0.717, 1.165) is 36.9 Å². The summed E-state index contributed by atoms with van der Waals surface area (Å²) >= 11 is 0. The van der Waals surface area contributed by atoms with Crippen molar-refractivity contribution in [3.05, 3.63) is 81.6 Å². The number of hydrogen-bond acceptors (Lipinski definition) is 5. The number of pyridine rings is 1. The fourth-order valence-corrected chi connectivity index (χ4v) is 3.74. The van der Waals surface area contributed by atoms with Crippen LogP contribution in [0.5, 0.6) is 0 Å². The number of H-pyrrole nitrogens is 1. The third-order valence-electron chi connectivity index (χ3n) is 5.63. The fraction of sp³-hybridized carbons (Fsp3) is 0.393. The summed E-state index contributed by atoms with van der Waals surface area (Å²) in [6, 6.07) is 16.6. The van der Waals surface area contributed by atoms with Crippen LogP contribution in [-0.2, 0) is 17.7 Å². The molecule has 0 spiro atoms. The van der Waals surface area contributed by atoms with Crippen molar-refractivity contribution in [2.45, 2.75) is 45.8 Å². The summed E-state index contributed by atoms with van der Waals surface area (Å²) in [5.74, 6) is -0.127. The van der Waals surface area contributed by atoms with Crippen LogP contribution >= 0.6 is 0 Å². The quantitative estimate of drug-likeness (QED) is 0.399. The number of amides is 2. The molecule has 0 radical (unpaired) electrons. The molecular formula is C28H36N4O4. The number of aromatic nitrogens is 1. The minimum absolute atomic E-state index is 0.127. The lowest BCUT2D eigenvalue weighted by Crippen LogP contribution is -2.33. The van der Waals surface area contributed by atoms with Gasteiger partial charge in [0.1, 0.15) is 5.60 Å². The van der Waals surface area contributed by atoms with Crippen molar-refractivity contribution in [3.8, 4) is 0 Å². The molecular weight excluding hydrogens is 456 g/mol. The standard InChI is InChI=1S/C28H36N4O4/c1-28(2,3)36-27(35)30-19-21-9-7-20(8-10-21)6-5-16-32(4)17-15-29-26(34)23-11-13-24-22(18-23)12-14-25(33)31-24/h7-14,18H,5-6,15-17,19H2,1-4H3,(H,29,34)(H,30,35)(H,31,33). The van der Waals surface area contributed by atoms with Crippen molar-refractivity contribution in [1.82, 2.24) is 20.5 Å². The highest BCUT2D eigenvalue weighted by atomic mass is 16.6. The zero-order chi connectivity index (χ0) is 26.1. The predicted molar refractivity (Wildman–Crippen MR) is 142 cm³/mol. The van der Waals surface area contributed by atoms with E-state index in [0.29, 0.717) is 24.2 Å². The number of hydrogen-bond donors (Lipinski definition) is 3. The Hall–Kier alpha value is -3.65. The van der Waals surface area contributed by atoms with Crippen molar-refractivity contribution < 1.29 is 14.3 Å². The minimum atomic E-state index is -0.506. The lowest BCUT2D eigenvalue weighted by atomic mass is 10.1. The van der Waals surface area contributed by atoms with Gasteiger partial charge in [-0.2, -0.15) is 0 Å². The SMILES string of the molecule is CN(CCCc1ccc(CNC(=O)OC(C)(C)C)cc1)CCNC(=O)c1ccc2[nH]c(=O)ccc2c1. The molecule has 1 heterocycles. The van der Waals surface area contributed by atoms with E-state index in [4.69, 9.17) is 4.74 Å². The van der Waals surface area contributed by atoms with Gasteiger partial charge in [-0.05, 0) is 88.0 Å². The van der Waals surface area contributed by atoms with Crippen molar-refractivity contribution in [3.63, 3.8) is 0 Å². The van der Waals surface area contributed by atoms with Crippen LogP contribution in [0.4, 0.5) is 4.79 Å². The molecule has 0 aliphatic carbocycles. The summed E-state index contributed by atoms with van der Waals surface area (Å²) in [4.78, 5) is 40.6. The van der Waals surface area contributed by atoms with Gasteiger partial charge in [0.2, 0.25) is 5.56 Å². The lowest BCUT2D eigenvalue weighted by molar-refractivity contribution is 0.0523. The van der Waals surface area contributed by atoms with Gasteiger partial charge in [-0.25, -0.2) is 4.79 Å². The van der Waals surface area contributed by atoms with E-state index in [9.17, 15) is 14.4 Å². The lowest BCUT2D eigenvalue weighted by Gasteiger charge is -2.19. The molecule has 0 fully saturated rings. The highest BCUT2D eigenvalue weighted by Gasteiger charge is 2.15. The number of aromatic amines is 1. The fourth-order valence-electron chi connectivity index (χ4n) is 3.74. The molecule has 2 aromatic carbocycles. The third kappa shape index (κ3) is 8.85. The van der Waals surface area contributed by atoms with Gasteiger partial charge in [0.15, 0.2) is 0 Å². The van der Waals surface area contributed by atoms with Gasteiger partial charge >= 0.3 is 6.09 Å². The zero-order valence-electron chi connectivity index (χ0n) is 21.5. The number of ether oxygens (including phenoxy) is 1. The van der Waals surface area contributed by atoms with Crippen molar-refractivity contribution in [2.24, 2.45) is 0 Å². The van der Waals surface area contributed by atoms with E-state index in [1.54, 1.807) is 24.3 Å². The number of carbonyl (C=O) groups excluding carboxylic acids is 2. The van der Waals surface area contributed by atoms with Crippen LogP contribution in [0.15, 0.2) is 59.4 Å². The molecule has 8 nitrogen and oxygen atoms in total. The van der Waals surface area contributed by atoms with Gasteiger partial charge < -0.3 is 25.3 Å². The molecule has 3 rings (SSSR count). The monoisotopic (exact) mass is 492 g/mol. The maximum absolute atomic E-state index is 12.5. The Morgan fingerprint density at radius 1 is 0.944 bits per heavy atom. The summed E-state index contributed by atoms with van der Waals surface area (Å²) in [6.45, 7) is 8.18. The summed E-state index contributed by atoms with van der Waals surface area (Å²) in [5, 5.41) is 6.56. The van der Waals surface area contributed by atoms with Crippen LogP contribution in [-0.4, -0.2) is 54.2 Å². The number of likely N-dealkylation sites (N-methyl/N-ethyl adjacent to an activating group) is 1. The van der Waals surface area contributed by atoms with Gasteiger partial charge in [-0.1, -0.05) is 24.3 Å². The predicted octanol–water partition coefficient (Wildman–Crippen LogP) is 3.85. The molecule has 8 heteroatoms. The third-order valence-corrected chi connectivity index (χ3v) is 5.63. The minimum Gasteiger partial charge on any atom is -0.444 e. The second-order valence-corrected chi connectivity index (χ2v) is 9.96. The Morgan fingerprint density at radius 3 is 2.39 bits per heavy atom. The second-order valence-electron chi connectivity index (χ2n) is 9.96. The molecule has 3 aromatic rings. The van der Waals surface area contributed by atoms with E-state index >= 15 is 0 Å². The molecule has 2 amide bonds. The van der Waals surface area contributed by atoms with Crippen molar-refractivity contribution >= 4 is 22.9 Å². The Morgan fingerprint density at radius 2 is 1.67 bits per heavy atom. The topological polar surface area (TPSA) is 104 Å². The Kier molecular flexibility index (Phi) is 9.25. The first kappa shape index (κ1) is 26.9. The van der Waals surface area contributed by atoms with Crippen LogP contribution in [0, 0.1) is 0 Å². The normalized spacial score (nSPS) is 11.5. The molecule has 1 aromatic heterocycles. The van der Waals surface area contributed by atoms with Crippen molar-refractivity contribution in [1.29, 1.82) is 0 Å². The van der Waals surface area contributed by atoms with E-state index in [1.165, 1.54) is 11.6 Å². The first-order valence-corrected chi connectivity index (χ1v) is 12.2. The molecule has 0 atom stereocenters. The van der Waals surface area contributed by atoms with E-state index in [-0.39, 0.29) is 11.5 Å². The van der Waals surface area contributed by atoms with Crippen LogP contribution < -0.4 is 16.2 Å². The molecule has 3 N–H and O–H groups in total. The van der Waals surface area contributed by atoms with Gasteiger partial charge in [0.05, 0.1) is 0 Å². The molecule has 36 heavy (non-hydrogen) atoms. The van der Waals surface area contributed by atoms with Gasteiger partial charge in [-0.15, -0.1) is 0 Å². The number of rotatable bonds is 10. The smallest absolute Gasteiger partial charge is 0.407 e. The second kappa shape index (κ2) is 12.4. The molecule has 0 unspecified atom stereocenters. The van der Waals surface area contributed by atoms with Crippen molar-refractivity contribution in [2.75, 3.05) is 26.7 Å². The molecule has 0 saturated heterocycles. The molecule has 0 bridgehead atoms. The maximum atomic E-state index is 12.5. The van der Waals surface area contributed by atoms with Crippen LogP contribution in [0.1, 0.15) is 48.7 Å². The largest absolute Gasteiger partial charge is 0.444 e. The Labute approximate surface area is 212 Å². The maximum Gasteiger partial charge on any atom is 0.407 e. The highest BCUT2D eigenvalue weighted by molar-refractivity contribution is 5.97. The summed E-state index contributed by atoms with van der Waals surface area (Å²) in [7, 11) is 2.05. The zero-order valence-corrected chi connectivity index (χ0v) is 21.5. The molecule has 0 aliphatic rings. The Balaban J connectivity index is 1.33. The number of aryl methyl sites for hydroxylation is 1. The average molecular weight is 493 g/mol. The van der Waals surface area contributed by atoms with E-state index in [2.05, 4.69) is 32.7 Å². The summed E-state index contributed by atoms with van der Waals surface area (Å²) < 4.78 is 5.25. The summed E-state index contributed by atoms with van der Waals surface area (Å²) in [5.41, 5.74) is 2.89. The molecule has 0 saturated carbocycles. The van der Waals surface area contributed by atoms with Gasteiger partial charge in [0, 0.05) is 36.8 Å². The molecule has 0 aliphatic heterocycles. The number of alkyl carbamates (subject to hydrolysis) is 1. The number of fused-ring (bicyclic) bond motifs is 1. The van der Waals surface area contributed by atoms with E-state index in [1.807, 2.05) is 40.0 Å². The average Bonchev–Trinajstić information content (AvgIpc) is 2.82. The number of nitrogens with zero attached hydrogens (tertiary/aromatic N) is 1. The first-order valence-electron chi connectivity index (χ1n) is 12.2. The highest BCUT2D eigenvalue weighted by Crippen LogP contribution is 2.12. The Bertz CT molecular complexity index is 1230. The summed E-state index contributed by atoms with van der Waals surface area (Å²) in [6.07, 6.45) is 1.54. The van der Waals surface area contributed by atoms with Gasteiger partial charge in [-0.3, -0.25) is 9.59 Å². The van der Waals surface area contributed by atoms with Crippen LogP contribution in [0.25, 0.3) is 10.9 Å². The number of carbonyl (C=O) groups is 2. The number of benzene rings is 2. The van der Waals surface area contributed by atoms with Gasteiger partial charge in [0.25, 0.3) is 5.91 Å². The first-order chi connectivity index (χ1) is 17.1. The van der Waals surface area contributed by atoms with Crippen LogP contribution in [0.3, 0.4) is 0 Å².